The third-order valence-corrected chi connectivity index (χ3v) is 3.54. The Balaban J connectivity index is 0.00000576. The number of alkyl halides is 3. The molecule has 0 aliphatic heterocycles. The lowest BCUT2D eigenvalue weighted by Gasteiger charge is -2.22. The number of nitrogens with two attached hydrogens (primary N) is 1. The van der Waals surface area contributed by atoms with Crippen LogP contribution < -0.4 is 15.8 Å². The largest absolute Gasteiger partial charge is 0.477 e. The topological polar surface area (TPSA) is 77.2 Å². The van der Waals surface area contributed by atoms with Crippen molar-refractivity contribution in [3.05, 3.63) is 22.8 Å². The molecular formula is C15H22Cl2F3N3O2. The van der Waals surface area contributed by atoms with E-state index in [0.717, 1.165) is 12.5 Å². The monoisotopic (exact) mass is 403 g/mol. The van der Waals surface area contributed by atoms with Gasteiger partial charge >= 0.3 is 6.18 Å². The second-order valence-corrected chi connectivity index (χ2v) is 6.04. The van der Waals surface area contributed by atoms with E-state index in [1.165, 1.54) is 0 Å². The molecule has 1 unspecified atom stereocenters. The van der Waals surface area contributed by atoms with Gasteiger partial charge in [0.15, 0.2) is 0 Å². The number of nitrogens with one attached hydrogen (secondary N) is 1. The van der Waals surface area contributed by atoms with Gasteiger partial charge in [-0.05, 0) is 25.8 Å². The van der Waals surface area contributed by atoms with Gasteiger partial charge in [-0.3, -0.25) is 4.79 Å². The molecule has 0 radical (unpaired) electrons. The van der Waals surface area contributed by atoms with Crippen molar-refractivity contribution >= 4 is 29.9 Å². The average molecular weight is 404 g/mol. The molecule has 0 aliphatic rings. The molecule has 1 amide bonds. The molecule has 0 aromatic carbocycles. The number of hydrogen-bond donors (Lipinski definition) is 2. The van der Waals surface area contributed by atoms with Crippen LogP contribution in [-0.2, 0) is 11.0 Å². The fraction of sp³-hybridized carbons (Fsp3) is 0.600. The summed E-state index contributed by atoms with van der Waals surface area (Å²) in [6.07, 6.45) is -2.05. The first-order chi connectivity index (χ1) is 11.1. The highest BCUT2D eigenvalue weighted by atomic mass is 35.5. The van der Waals surface area contributed by atoms with E-state index in [0.29, 0.717) is 25.6 Å². The highest BCUT2D eigenvalue weighted by Crippen LogP contribution is 2.33. The zero-order valence-electron chi connectivity index (χ0n) is 14.0. The zero-order valence-corrected chi connectivity index (χ0v) is 15.5. The molecule has 0 bridgehead atoms. The van der Waals surface area contributed by atoms with Gasteiger partial charge < -0.3 is 15.8 Å². The van der Waals surface area contributed by atoms with E-state index in [1.54, 1.807) is 6.92 Å². The van der Waals surface area contributed by atoms with Crippen LogP contribution in [0.15, 0.2) is 12.3 Å². The van der Waals surface area contributed by atoms with Gasteiger partial charge in [-0.15, -0.1) is 12.4 Å². The van der Waals surface area contributed by atoms with Gasteiger partial charge in [0.05, 0.1) is 17.7 Å². The molecule has 0 fully saturated rings. The van der Waals surface area contributed by atoms with E-state index in [2.05, 4.69) is 10.3 Å². The number of halogens is 5. The Morgan fingerprint density at radius 3 is 2.60 bits per heavy atom. The lowest BCUT2D eigenvalue weighted by atomic mass is 9.96. The molecule has 0 saturated heterocycles. The van der Waals surface area contributed by atoms with Crippen molar-refractivity contribution in [2.75, 3.05) is 13.2 Å². The smallest absolute Gasteiger partial charge is 0.417 e. The fourth-order valence-electron chi connectivity index (χ4n) is 1.96. The predicted molar refractivity (Wildman–Crippen MR) is 92.1 cm³/mol. The number of aromatic nitrogens is 1. The number of amides is 1. The van der Waals surface area contributed by atoms with Crippen LogP contribution in [0, 0.1) is 0 Å². The summed E-state index contributed by atoms with van der Waals surface area (Å²) in [6, 6.07) is 0.760. The Morgan fingerprint density at radius 2 is 2.08 bits per heavy atom. The minimum absolute atomic E-state index is 0. The molecule has 1 aromatic rings. The van der Waals surface area contributed by atoms with Crippen LogP contribution in [0.3, 0.4) is 0 Å². The molecule has 1 heterocycles. The van der Waals surface area contributed by atoms with Crippen LogP contribution in [0.4, 0.5) is 13.2 Å². The SMILES string of the molecule is CCCC(C)(N)C(=O)NCCCOc1ncc(C(F)(F)F)cc1Cl.Cl. The molecule has 0 spiro atoms. The minimum Gasteiger partial charge on any atom is -0.477 e. The summed E-state index contributed by atoms with van der Waals surface area (Å²) < 4.78 is 42.7. The Hall–Kier alpha value is -1.25. The molecule has 0 aliphatic carbocycles. The first-order valence-electron chi connectivity index (χ1n) is 7.50. The average Bonchev–Trinajstić information content (AvgIpc) is 2.46. The maximum atomic E-state index is 12.5. The summed E-state index contributed by atoms with van der Waals surface area (Å²) in [5.74, 6) is -0.333. The Morgan fingerprint density at radius 1 is 1.44 bits per heavy atom. The summed E-state index contributed by atoms with van der Waals surface area (Å²) in [5.41, 5.74) is 4.02. The van der Waals surface area contributed by atoms with Crippen LogP contribution in [0.5, 0.6) is 5.88 Å². The standard InChI is InChI=1S/C15H21ClF3N3O2.ClH/c1-3-5-14(2,20)13(23)21-6-4-7-24-12-11(16)8-10(9-22-12)15(17,18)19;/h8-9H,3-7,20H2,1-2H3,(H,21,23);1H. The van der Waals surface area contributed by atoms with Crippen LogP contribution in [-0.4, -0.2) is 29.6 Å². The van der Waals surface area contributed by atoms with Crippen LogP contribution in [0.1, 0.15) is 38.7 Å². The summed E-state index contributed by atoms with van der Waals surface area (Å²) in [5, 5.41) is 2.48. The molecule has 1 aromatic heterocycles. The van der Waals surface area contributed by atoms with Crippen molar-refractivity contribution in [2.45, 2.75) is 44.8 Å². The lowest BCUT2D eigenvalue weighted by Crippen LogP contribution is -2.51. The second kappa shape index (κ2) is 10.0. The molecular weight excluding hydrogens is 382 g/mol. The fourth-order valence-corrected chi connectivity index (χ4v) is 2.19. The summed E-state index contributed by atoms with van der Waals surface area (Å²) in [6.45, 7) is 4.07. The van der Waals surface area contributed by atoms with E-state index < -0.39 is 17.3 Å². The van der Waals surface area contributed by atoms with Crippen molar-refractivity contribution in [1.29, 1.82) is 0 Å². The summed E-state index contributed by atoms with van der Waals surface area (Å²) in [7, 11) is 0. The lowest BCUT2D eigenvalue weighted by molar-refractivity contribution is -0.137. The maximum Gasteiger partial charge on any atom is 0.417 e. The normalized spacial score (nSPS) is 13.6. The van der Waals surface area contributed by atoms with E-state index in [-0.39, 0.29) is 35.8 Å². The first kappa shape index (κ1) is 23.8. The van der Waals surface area contributed by atoms with Gasteiger partial charge in [0, 0.05) is 12.7 Å². The maximum absolute atomic E-state index is 12.5. The summed E-state index contributed by atoms with van der Waals surface area (Å²) >= 11 is 5.72. The van der Waals surface area contributed by atoms with Gasteiger partial charge in [-0.2, -0.15) is 13.2 Å². The van der Waals surface area contributed by atoms with Crippen molar-refractivity contribution in [1.82, 2.24) is 10.3 Å². The molecule has 10 heteroatoms. The number of nitrogens with zero attached hydrogens (tertiary/aromatic N) is 1. The highest BCUT2D eigenvalue weighted by Gasteiger charge is 2.31. The number of ether oxygens (including phenoxy) is 1. The Bertz CT molecular complexity index is 569. The molecule has 25 heavy (non-hydrogen) atoms. The Kier molecular flexibility index (Phi) is 9.53. The van der Waals surface area contributed by atoms with Crippen LogP contribution in [0.2, 0.25) is 5.02 Å². The third kappa shape index (κ3) is 7.66. The van der Waals surface area contributed by atoms with Gasteiger partial charge in [0.1, 0.15) is 5.02 Å². The molecule has 144 valence electrons. The van der Waals surface area contributed by atoms with Gasteiger partial charge in [-0.1, -0.05) is 24.9 Å². The quantitative estimate of drug-likeness (QED) is 0.650. The van der Waals surface area contributed by atoms with E-state index in [4.69, 9.17) is 22.1 Å². The van der Waals surface area contributed by atoms with Crippen molar-refractivity contribution in [3.8, 4) is 5.88 Å². The molecule has 1 atom stereocenters. The number of rotatable bonds is 8. The first-order valence-corrected chi connectivity index (χ1v) is 7.88. The van der Waals surface area contributed by atoms with Crippen molar-refractivity contribution in [3.63, 3.8) is 0 Å². The Labute approximate surface area is 155 Å². The van der Waals surface area contributed by atoms with E-state index in [1.807, 2.05) is 6.92 Å². The minimum atomic E-state index is -4.51. The molecule has 1 rings (SSSR count). The van der Waals surface area contributed by atoms with E-state index in [9.17, 15) is 18.0 Å². The van der Waals surface area contributed by atoms with Crippen molar-refractivity contribution < 1.29 is 22.7 Å². The number of pyridine rings is 1. The highest BCUT2D eigenvalue weighted by molar-refractivity contribution is 6.31. The van der Waals surface area contributed by atoms with Crippen molar-refractivity contribution in [2.24, 2.45) is 5.73 Å². The molecule has 0 saturated carbocycles. The predicted octanol–water partition coefficient (Wildman–Crippen LogP) is 3.58. The number of hydrogen-bond acceptors (Lipinski definition) is 4. The van der Waals surface area contributed by atoms with Gasteiger partial charge in [-0.25, -0.2) is 4.98 Å². The van der Waals surface area contributed by atoms with Crippen LogP contribution in [0.25, 0.3) is 0 Å². The zero-order chi connectivity index (χ0) is 18.4. The second-order valence-electron chi connectivity index (χ2n) is 5.63. The third-order valence-electron chi connectivity index (χ3n) is 3.27. The van der Waals surface area contributed by atoms with E-state index >= 15 is 0 Å². The number of carbonyl (C=O) groups excluding carboxylic acids is 1. The molecule has 3 N–H and O–H groups in total. The van der Waals surface area contributed by atoms with Gasteiger partial charge in [0.25, 0.3) is 0 Å². The van der Waals surface area contributed by atoms with Crippen LogP contribution >= 0.6 is 24.0 Å². The number of carbonyl (C=O) groups is 1. The summed E-state index contributed by atoms with van der Waals surface area (Å²) in [4.78, 5) is 15.4. The van der Waals surface area contributed by atoms with Gasteiger partial charge in [0.2, 0.25) is 11.8 Å². The molecule has 5 nitrogen and oxygen atoms in total.